The number of nitrogens with zero attached hydrogens (tertiary/aromatic N) is 1. The molecule has 0 radical (unpaired) electrons. The monoisotopic (exact) mass is 519 g/mol. The largest absolute Gasteiger partial charge is 0.489 e. The zero-order valence-corrected chi connectivity index (χ0v) is 21.4. The van der Waals surface area contributed by atoms with Gasteiger partial charge in [-0.05, 0) is 59.0 Å². The molecule has 5 aromatic rings. The van der Waals surface area contributed by atoms with Gasteiger partial charge in [-0.3, -0.25) is 9.89 Å². The summed E-state index contributed by atoms with van der Waals surface area (Å²) in [5, 5.41) is 17.3. The van der Waals surface area contributed by atoms with E-state index in [1.807, 2.05) is 60.7 Å². The van der Waals surface area contributed by atoms with Crippen molar-refractivity contribution in [1.29, 1.82) is 0 Å². The predicted molar refractivity (Wildman–Crippen MR) is 151 cm³/mol. The Hall–Kier alpha value is -4.78. The molecule has 7 heteroatoms. The number of aryl methyl sites for hydroxylation is 1. The summed E-state index contributed by atoms with van der Waals surface area (Å²) < 4.78 is 12.9. The smallest absolute Gasteiger partial charge is 0.303 e. The number of fused-ring (bicyclic) bond motifs is 2. The van der Waals surface area contributed by atoms with E-state index in [1.54, 1.807) is 6.20 Å². The Morgan fingerprint density at radius 2 is 1.87 bits per heavy atom. The van der Waals surface area contributed by atoms with Crippen LogP contribution < -0.4 is 15.2 Å². The van der Waals surface area contributed by atoms with E-state index in [0.29, 0.717) is 30.9 Å². The van der Waals surface area contributed by atoms with Crippen LogP contribution in [0.15, 0.2) is 85.1 Å². The fraction of sp³-hybridized carbons (Fsp3) is 0.188. The first-order chi connectivity index (χ1) is 19.0. The van der Waals surface area contributed by atoms with Crippen molar-refractivity contribution in [3.63, 3.8) is 0 Å². The molecule has 1 unspecified atom stereocenters. The topological polar surface area (TPSA) is 110 Å². The first kappa shape index (κ1) is 24.6. The molecule has 1 aliphatic carbocycles. The molecule has 0 amide bonds. The van der Waals surface area contributed by atoms with Gasteiger partial charge in [0.05, 0.1) is 17.4 Å². The van der Waals surface area contributed by atoms with Gasteiger partial charge in [-0.2, -0.15) is 5.10 Å². The second kappa shape index (κ2) is 10.5. The molecule has 4 N–H and O–H groups in total. The highest BCUT2D eigenvalue weighted by atomic mass is 16.5. The van der Waals surface area contributed by atoms with Gasteiger partial charge < -0.3 is 20.3 Å². The van der Waals surface area contributed by atoms with Crippen LogP contribution >= 0.6 is 0 Å². The van der Waals surface area contributed by atoms with Gasteiger partial charge in [-0.25, -0.2) is 0 Å². The molecule has 4 aromatic carbocycles. The lowest BCUT2D eigenvalue weighted by molar-refractivity contribution is -0.136. The summed E-state index contributed by atoms with van der Waals surface area (Å²) in [6, 6.07) is 26.1. The van der Waals surface area contributed by atoms with Crippen LogP contribution in [0, 0.1) is 0 Å². The van der Waals surface area contributed by atoms with Crippen molar-refractivity contribution in [1.82, 2.24) is 10.2 Å². The number of H-pyrrole nitrogens is 1. The maximum Gasteiger partial charge on any atom is 0.303 e. The van der Waals surface area contributed by atoms with Gasteiger partial charge in [-0.1, -0.05) is 48.5 Å². The van der Waals surface area contributed by atoms with Gasteiger partial charge in [0, 0.05) is 35.8 Å². The molecule has 1 aliphatic rings. The number of benzene rings is 4. The first-order valence-electron chi connectivity index (χ1n) is 13.1. The van der Waals surface area contributed by atoms with Gasteiger partial charge in [0.2, 0.25) is 0 Å². The van der Waals surface area contributed by atoms with Crippen molar-refractivity contribution in [3.05, 3.63) is 107 Å². The average Bonchev–Trinajstić information content (AvgIpc) is 3.59. The van der Waals surface area contributed by atoms with Crippen LogP contribution in [0.3, 0.4) is 0 Å². The predicted octanol–water partition coefficient (Wildman–Crippen LogP) is 5.95. The van der Waals surface area contributed by atoms with Gasteiger partial charge in [0.25, 0.3) is 0 Å². The molecule has 1 aromatic heterocycles. The number of hydrogen-bond acceptors (Lipinski definition) is 5. The molecule has 1 heterocycles. The molecule has 0 bridgehead atoms. The molecule has 196 valence electrons. The van der Waals surface area contributed by atoms with Crippen LogP contribution in [-0.4, -0.2) is 27.4 Å². The molecular weight excluding hydrogens is 490 g/mol. The van der Waals surface area contributed by atoms with E-state index in [9.17, 15) is 9.90 Å². The Bertz CT molecular complexity index is 1640. The fourth-order valence-corrected chi connectivity index (χ4v) is 5.26. The lowest BCUT2D eigenvalue weighted by Gasteiger charge is -2.20. The minimum absolute atomic E-state index is 0.0313. The molecule has 0 saturated heterocycles. The van der Waals surface area contributed by atoms with E-state index in [2.05, 4.69) is 28.4 Å². The standard InChI is InChI=1S/C32H29N3O4/c33-28-14-21(9-12-31(36)37)13-27(23-10-11-29-24(15-23)18-34-35-29)32(28)39-25-16-22-7-4-8-30(26(22)17-25)38-19-20-5-2-1-3-6-20/h1-8,10-11,13-15,18,25H,9,12,16-17,19,33H2,(H,34,35)(H,36,37). The molecule has 39 heavy (non-hydrogen) atoms. The van der Waals surface area contributed by atoms with E-state index in [4.69, 9.17) is 15.2 Å². The number of rotatable bonds is 9. The van der Waals surface area contributed by atoms with Crippen molar-refractivity contribution in [3.8, 4) is 22.6 Å². The van der Waals surface area contributed by atoms with Gasteiger partial charge >= 0.3 is 5.97 Å². The summed E-state index contributed by atoms with van der Waals surface area (Å²) in [6.45, 7) is 0.508. The summed E-state index contributed by atoms with van der Waals surface area (Å²) >= 11 is 0. The van der Waals surface area contributed by atoms with E-state index in [-0.39, 0.29) is 12.5 Å². The minimum Gasteiger partial charge on any atom is -0.489 e. The number of nitrogens with one attached hydrogen (secondary N) is 1. The number of carboxylic acid groups (broad SMARTS) is 1. The third-order valence-electron chi connectivity index (χ3n) is 7.19. The number of ether oxygens (including phenoxy) is 2. The van der Waals surface area contributed by atoms with E-state index >= 15 is 0 Å². The fourth-order valence-electron chi connectivity index (χ4n) is 5.26. The third kappa shape index (κ3) is 5.29. The average molecular weight is 520 g/mol. The Morgan fingerprint density at radius 3 is 2.72 bits per heavy atom. The van der Waals surface area contributed by atoms with Crippen LogP contribution in [0.5, 0.6) is 11.5 Å². The van der Waals surface area contributed by atoms with Gasteiger partial charge in [0.15, 0.2) is 0 Å². The first-order valence-corrected chi connectivity index (χ1v) is 13.1. The SMILES string of the molecule is Nc1cc(CCC(=O)O)cc(-c2ccc3[nH]ncc3c2)c1OC1Cc2cccc(OCc3ccccc3)c2C1. The van der Waals surface area contributed by atoms with Crippen molar-refractivity contribution >= 4 is 22.6 Å². The maximum absolute atomic E-state index is 11.2. The van der Waals surface area contributed by atoms with Crippen molar-refractivity contribution < 1.29 is 19.4 Å². The van der Waals surface area contributed by atoms with Crippen LogP contribution in [0.2, 0.25) is 0 Å². The van der Waals surface area contributed by atoms with E-state index < -0.39 is 5.97 Å². The van der Waals surface area contributed by atoms with E-state index in [0.717, 1.165) is 50.9 Å². The molecular formula is C32H29N3O4. The summed E-state index contributed by atoms with van der Waals surface area (Å²) in [5.74, 6) is 0.649. The summed E-state index contributed by atoms with van der Waals surface area (Å²) in [5.41, 5.74) is 14.1. The van der Waals surface area contributed by atoms with Gasteiger partial charge in [0.1, 0.15) is 24.2 Å². The second-order valence-corrected chi connectivity index (χ2v) is 9.94. The zero-order chi connectivity index (χ0) is 26.8. The highest BCUT2D eigenvalue weighted by Crippen LogP contribution is 2.41. The van der Waals surface area contributed by atoms with Crippen molar-refractivity contribution in [2.75, 3.05) is 5.73 Å². The van der Waals surface area contributed by atoms with Crippen LogP contribution in [0.4, 0.5) is 5.69 Å². The number of carboxylic acids is 1. The number of anilines is 1. The number of carbonyl (C=O) groups is 1. The zero-order valence-electron chi connectivity index (χ0n) is 21.4. The van der Waals surface area contributed by atoms with E-state index in [1.165, 1.54) is 5.56 Å². The maximum atomic E-state index is 11.2. The molecule has 0 saturated carbocycles. The number of nitrogens with two attached hydrogens (primary N) is 1. The Labute approximate surface area is 226 Å². The quantitative estimate of drug-likeness (QED) is 0.208. The Kier molecular flexibility index (Phi) is 6.63. The summed E-state index contributed by atoms with van der Waals surface area (Å²) in [7, 11) is 0. The Balaban J connectivity index is 1.28. The van der Waals surface area contributed by atoms with Crippen LogP contribution in [0.1, 0.15) is 28.7 Å². The molecule has 0 aliphatic heterocycles. The third-order valence-corrected chi connectivity index (χ3v) is 7.19. The number of aromatic nitrogens is 2. The molecule has 6 rings (SSSR count). The number of hydrogen-bond donors (Lipinski definition) is 3. The lowest BCUT2D eigenvalue weighted by atomic mass is 9.97. The molecule has 0 spiro atoms. The highest BCUT2D eigenvalue weighted by molar-refractivity contribution is 5.87. The summed E-state index contributed by atoms with van der Waals surface area (Å²) in [4.78, 5) is 11.2. The number of nitrogen functional groups attached to an aromatic ring is 1. The lowest BCUT2D eigenvalue weighted by Crippen LogP contribution is -2.18. The number of aromatic amines is 1. The molecule has 0 fully saturated rings. The van der Waals surface area contributed by atoms with Crippen LogP contribution in [0.25, 0.3) is 22.0 Å². The highest BCUT2D eigenvalue weighted by Gasteiger charge is 2.28. The number of aliphatic carboxylic acids is 1. The minimum atomic E-state index is -0.843. The van der Waals surface area contributed by atoms with Crippen molar-refractivity contribution in [2.45, 2.75) is 38.4 Å². The normalized spacial score (nSPS) is 14.3. The summed E-state index contributed by atoms with van der Waals surface area (Å²) in [6.07, 6.45) is 3.55. The molecule has 7 nitrogen and oxygen atoms in total. The molecule has 1 atom stereocenters. The second-order valence-electron chi connectivity index (χ2n) is 9.94. The van der Waals surface area contributed by atoms with Crippen molar-refractivity contribution in [2.24, 2.45) is 0 Å². The Morgan fingerprint density at radius 1 is 1.00 bits per heavy atom. The van der Waals surface area contributed by atoms with Gasteiger partial charge in [-0.15, -0.1) is 0 Å². The van der Waals surface area contributed by atoms with Crippen LogP contribution in [-0.2, 0) is 30.7 Å².